The number of piperidine rings is 1. The Balaban J connectivity index is 0.00000144. The second-order valence-corrected chi connectivity index (χ2v) is 4.88. The average molecular weight is 263 g/mol. The zero-order chi connectivity index (χ0) is 11.4. The summed E-state index contributed by atoms with van der Waals surface area (Å²) < 4.78 is 5.55. The molecule has 1 amide bonds. The Morgan fingerprint density at radius 3 is 2.65 bits per heavy atom. The normalized spacial score (nSPS) is 25.4. The van der Waals surface area contributed by atoms with Crippen molar-refractivity contribution >= 4 is 18.3 Å². The quantitative estimate of drug-likeness (QED) is 0.827. The minimum Gasteiger partial charge on any atom is -0.376 e. The highest BCUT2D eigenvalue weighted by atomic mass is 35.5. The third-order valence-electron chi connectivity index (χ3n) is 3.57. The van der Waals surface area contributed by atoms with E-state index < -0.39 is 0 Å². The SMILES string of the molecule is CN(CC1CCCO1)C(=O)C1CCNCC1.Cl. The summed E-state index contributed by atoms with van der Waals surface area (Å²) in [7, 11) is 1.91. The van der Waals surface area contributed by atoms with E-state index in [9.17, 15) is 4.79 Å². The van der Waals surface area contributed by atoms with E-state index in [0.29, 0.717) is 5.91 Å². The first-order valence-corrected chi connectivity index (χ1v) is 6.34. The Kier molecular flexibility index (Phi) is 6.23. The molecule has 100 valence electrons. The predicted molar refractivity (Wildman–Crippen MR) is 69.5 cm³/mol. The van der Waals surface area contributed by atoms with Crippen molar-refractivity contribution < 1.29 is 9.53 Å². The standard InChI is InChI=1S/C12H22N2O2.ClH/c1-14(9-11-3-2-8-16-11)12(15)10-4-6-13-7-5-10;/h10-11,13H,2-9H2,1H3;1H. The smallest absolute Gasteiger partial charge is 0.225 e. The first-order valence-electron chi connectivity index (χ1n) is 6.34. The maximum atomic E-state index is 12.1. The Labute approximate surface area is 109 Å². The maximum absolute atomic E-state index is 12.1. The number of amides is 1. The van der Waals surface area contributed by atoms with E-state index in [0.717, 1.165) is 51.9 Å². The molecule has 0 aliphatic carbocycles. The Bertz CT molecular complexity index is 239. The molecule has 0 aromatic heterocycles. The van der Waals surface area contributed by atoms with E-state index in [-0.39, 0.29) is 24.4 Å². The monoisotopic (exact) mass is 262 g/mol. The van der Waals surface area contributed by atoms with Crippen molar-refractivity contribution in [1.29, 1.82) is 0 Å². The van der Waals surface area contributed by atoms with E-state index in [4.69, 9.17) is 4.74 Å². The molecule has 0 spiro atoms. The zero-order valence-corrected chi connectivity index (χ0v) is 11.3. The molecule has 2 aliphatic heterocycles. The highest BCUT2D eigenvalue weighted by Crippen LogP contribution is 2.17. The van der Waals surface area contributed by atoms with Gasteiger partial charge in [0.25, 0.3) is 0 Å². The van der Waals surface area contributed by atoms with Crippen molar-refractivity contribution in [2.75, 3.05) is 33.3 Å². The van der Waals surface area contributed by atoms with Gasteiger partial charge in [-0.25, -0.2) is 0 Å². The van der Waals surface area contributed by atoms with Crippen LogP contribution in [0.25, 0.3) is 0 Å². The van der Waals surface area contributed by atoms with Gasteiger partial charge in [-0.3, -0.25) is 4.79 Å². The van der Waals surface area contributed by atoms with Crippen LogP contribution in [0, 0.1) is 5.92 Å². The molecule has 1 N–H and O–H groups in total. The Hall–Kier alpha value is -0.320. The molecular weight excluding hydrogens is 240 g/mol. The molecule has 2 aliphatic rings. The highest BCUT2D eigenvalue weighted by Gasteiger charge is 2.26. The zero-order valence-electron chi connectivity index (χ0n) is 10.5. The minimum atomic E-state index is 0. The minimum absolute atomic E-state index is 0. The van der Waals surface area contributed by atoms with Crippen LogP contribution >= 0.6 is 12.4 Å². The number of nitrogens with one attached hydrogen (secondary N) is 1. The number of hydrogen-bond acceptors (Lipinski definition) is 3. The van der Waals surface area contributed by atoms with Crippen LogP contribution < -0.4 is 5.32 Å². The number of carbonyl (C=O) groups excluding carboxylic acids is 1. The van der Waals surface area contributed by atoms with Gasteiger partial charge in [-0.05, 0) is 38.8 Å². The second-order valence-electron chi connectivity index (χ2n) is 4.88. The van der Waals surface area contributed by atoms with Gasteiger partial charge in [-0.15, -0.1) is 12.4 Å². The van der Waals surface area contributed by atoms with Crippen molar-refractivity contribution in [3.63, 3.8) is 0 Å². The molecular formula is C12H23ClN2O2. The number of ether oxygens (including phenoxy) is 1. The van der Waals surface area contributed by atoms with Crippen LogP contribution in [0.4, 0.5) is 0 Å². The van der Waals surface area contributed by atoms with Crippen molar-refractivity contribution in [1.82, 2.24) is 10.2 Å². The van der Waals surface area contributed by atoms with Crippen molar-refractivity contribution in [3.8, 4) is 0 Å². The number of halogens is 1. The van der Waals surface area contributed by atoms with Crippen LogP contribution in [0.5, 0.6) is 0 Å². The molecule has 0 saturated carbocycles. The van der Waals surface area contributed by atoms with Gasteiger partial charge >= 0.3 is 0 Å². The van der Waals surface area contributed by atoms with Crippen LogP contribution in [-0.4, -0.2) is 50.2 Å². The topological polar surface area (TPSA) is 41.6 Å². The molecule has 5 heteroatoms. The van der Waals surface area contributed by atoms with E-state index >= 15 is 0 Å². The molecule has 2 rings (SSSR count). The van der Waals surface area contributed by atoms with Gasteiger partial charge in [0.2, 0.25) is 5.91 Å². The number of rotatable bonds is 3. The highest BCUT2D eigenvalue weighted by molar-refractivity contribution is 5.85. The van der Waals surface area contributed by atoms with Gasteiger partial charge < -0.3 is 15.0 Å². The molecule has 0 aromatic rings. The number of nitrogens with zero attached hydrogens (tertiary/aromatic N) is 1. The average Bonchev–Trinajstić information content (AvgIpc) is 2.82. The molecule has 0 radical (unpaired) electrons. The van der Waals surface area contributed by atoms with Crippen LogP contribution in [0.2, 0.25) is 0 Å². The molecule has 2 fully saturated rings. The predicted octanol–water partition coefficient (Wildman–Crippen LogP) is 1.05. The molecule has 2 heterocycles. The third kappa shape index (κ3) is 4.12. The fourth-order valence-corrected chi connectivity index (χ4v) is 2.56. The molecule has 17 heavy (non-hydrogen) atoms. The van der Waals surface area contributed by atoms with E-state index in [2.05, 4.69) is 5.32 Å². The van der Waals surface area contributed by atoms with E-state index in [1.807, 2.05) is 11.9 Å². The molecule has 2 saturated heterocycles. The lowest BCUT2D eigenvalue weighted by Gasteiger charge is -2.28. The fourth-order valence-electron chi connectivity index (χ4n) is 2.56. The van der Waals surface area contributed by atoms with Gasteiger partial charge in [0, 0.05) is 26.1 Å². The second kappa shape index (κ2) is 7.19. The summed E-state index contributed by atoms with van der Waals surface area (Å²) in [5, 5.41) is 3.29. The number of carbonyl (C=O) groups is 1. The fraction of sp³-hybridized carbons (Fsp3) is 0.917. The van der Waals surface area contributed by atoms with Crippen molar-refractivity contribution in [3.05, 3.63) is 0 Å². The number of hydrogen-bond donors (Lipinski definition) is 1. The summed E-state index contributed by atoms with van der Waals surface area (Å²) >= 11 is 0. The lowest BCUT2D eigenvalue weighted by molar-refractivity contribution is -0.136. The summed E-state index contributed by atoms with van der Waals surface area (Å²) in [6.07, 6.45) is 4.48. The van der Waals surface area contributed by atoms with Crippen LogP contribution in [-0.2, 0) is 9.53 Å². The first-order chi connectivity index (χ1) is 7.77. The van der Waals surface area contributed by atoms with Gasteiger partial charge in [0.15, 0.2) is 0 Å². The Morgan fingerprint density at radius 2 is 2.06 bits per heavy atom. The maximum Gasteiger partial charge on any atom is 0.225 e. The summed E-state index contributed by atoms with van der Waals surface area (Å²) in [6, 6.07) is 0. The lowest BCUT2D eigenvalue weighted by atomic mass is 9.96. The Morgan fingerprint density at radius 1 is 1.35 bits per heavy atom. The summed E-state index contributed by atoms with van der Waals surface area (Å²) in [5.41, 5.74) is 0. The molecule has 1 unspecified atom stereocenters. The van der Waals surface area contributed by atoms with Gasteiger partial charge in [0.05, 0.1) is 6.10 Å². The summed E-state index contributed by atoms with van der Waals surface area (Å²) in [5.74, 6) is 0.532. The molecule has 0 aromatic carbocycles. The van der Waals surface area contributed by atoms with Crippen molar-refractivity contribution in [2.24, 2.45) is 5.92 Å². The summed E-state index contributed by atoms with van der Waals surface area (Å²) in [6.45, 7) is 3.58. The van der Waals surface area contributed by atoms with Crippen LogP contribution in [0.15, 0.2) is 0 Å². The largest absolute Gasteiger partial charge is 0.376 e. The molecule has 0 bridgehead atoms. The van der Waals surface area contributed by atoms with Crippen molar-refractivity contribution in [2.45, 2.75) is 31.8 Å². The first kappa shape index (κ1) is 14.7. The molecule has 4 nitrogen and oxygen atoms in total. The van der Waals surface area contributed by atoms with Crippen LogP contribution in [0.3, 0.4) is 0 Å². The lowest BCUT2D eigenvalue weighted by Crippen LogP contribution is -2.41. The van der Waals surface area contributed by atoms with Gasteiger partial charge in [-0.2, -0.15) is 0 Å². The summed E-state index contributed by atoms with van der Waals surface area (Å²) in [4.78, 5) is 14.0. The number of likely N-dealkylation sites (N-methyl/N-ethyl adjacent to an activating group) is 1. The van der Waals surface area contributed by atoms with Crippen LogP contribution in [0.1, 0.15) is 25.7 Å². The third-order valence-corrected chi connectivity index (χ3v) is 3.57. The molecule has 1 atom stereocenters. The van der Waals surface area contributed by atoms with E-state index in [1.54, 1.807) is 0 Å². The van der Waals surface area contributed by atoms with Gasteiger partial charge in [0.1, 0.15) is 0 Å². The van der Waals surface area contributed by atoms with Gasteiger partial charge in [-0.1, -0.05) is 0 Å². The van der Waals surface area contributed by atoms with E-state index in [1.165, 1.54) is 0 Å².